The van der Waals surface area contributed by atoms with Crippen molar-refractivity contribution in [2.24, 2.45) is 5.73 Å². The van der Waals surface area contributed by atoms with Gasteiger partial charge in [0, 0.05) is 18.2 Å². The van der Waals surface area contributed by atoms with E-state index in [1.165, 1.54) is 12.3 Å². The molecule has 0 aliphatic carbocycles. The number of anilines is 1. The zero-order valence-corrected chi connectivity index (χ0v) is 10.1. The Morgan fingerprint density at radius 1 is 1.47 bits per heavy atom. The van der Waals surface area contributed by atoms with Crippen LogP contribution in [-0.2, 0) is 0 Å². The molecule has 0 radical (unpaired) electrons. The van der Waals surface area contributed by atoms with Crippen LogP contribution < -0.4 is 11.1 Å². The molecule has 6 heteroatoms. The Bertz CT molecular complexity index is 365. The molecule has 0 bridgehead atoms. The maximum absolute atomic E-state index is 10.5. The van der Waals surface area contributed by atoms with E-state index in [4.69, 9.17) is 5.73 Å². The van der Waals surface area contributed by atoms with Crippen LogP contribution in [0.2, 0.25) is 0 Å². The Morgan fingerprint density at radius 2 is 2.12 bits per heavy atom. The van der Waals surface area contributed by atoms with Crippen molar-refractivity contribution >= 4 is 11.5 Å². The molecule has 0 fully saturated rings. The number of nitrogens with two attached hydrogens (primary N) is 1. The van der Waals surface area contributed by atoms with Gasteiger partial charge in [-0.05, 0) is 28.8 Å². The van der Waals surface area contributed by atoms with Crippen LogP contribution in [0.25, 0.3) is 0 Å². The van der Waals surface area contributed by atoms with Gasteiger partial charge >= 0.3 is 5.82 Å². The summed E-state index contributed by atoms with van der Waals surface area (Å²) in [6, 6.07) is 3.04. The fourth-order valence-electron chi connectivity index (χ4n) is 1.64. The number of pyridine rings is 1. The third kappa shape index (κ3) is 3.13. The van der Waals surface area contributed by atoms with Gasteiger partial charge in [0.1, 0.15) is 0 Å². The lowest BCUT2D eigenvalue weighted by Gasteiger charge is -2.32. The second-order valence-corrected chi connectivity index (χ2v) is 3.98. The second-order valence-electron chi connectivity index (χ2n) is 3.98. The van der Waals surface area contributed by atoms with Crippen molar-refractivity contribution in [1.82, 2.24) is 4.98 Å². The molecule has 0 spiro atoms. The lowest BCUT2D eigenvalue weighted by atomic mass is 9.93. The van der Waals surface area contributed by atoms with Crippen molar-refractivity contribution in [1.29, 1.82) is 0 Å². The molecule has 94 valence electrons. The Labute approximate surface area is 100 Å². The van der Waals surface area contributed by atoms with Crippen molar-refractivity contribution in [3.63, 3.8) is 0 Å². The fraction of sp³-hybridized carbons (Fsp3) is 0.545. The van der Waals surface area contributed by atoms with Crippen LogP contribution in [-0.4, -0.2) is 22.0 Å². The van der Waals surface area contributed by atoms with Gasteiger partial charge in [0.15, 0.2) is 6.20 Å². The summed E-state index contributed by atoms with van der Waals surface area (Å²) in [6.07, 6.45) is 3.24. The summed E-state index contributed by atoms with van der Waals surface area (Å²) in [7, 11) is 0. The molecule has 0 aliphatic heterocycles. The Morgan fingerprint density at radius 3 is 2.47 bits per heavy atom. The van der Waals surface area contributed by atoms with Crippen molar-refractivity contribution in [3.05, 3.63) is 28.4 Å². The second kappa shape index (κ2) is 5.58. The van der Waals surface area contributed by atoms with Crippen LogP contribution in [0, 0.1) is 10.1 Å². The summed E-state index contributed by atoms with van der Waals surface area (Å²) < 4.78 is 0. The van der Waals surface area contributed by atoms with Gasteiger partial charge in [-0.1, -0.05) is 13.8 Å². The van der Waals surface area contributed by atoms with Crippen LogP contribution >= 0.6 is 0 Å². The van der Waals surface area contributed by atoms with Crippen molar-refractivity contribution in [2.75, 3.05) is 11.9 Å². The van der Waals surface area contributed by atoms with E-state index in [0.717, 1.165) is 18.5 Å². The molecule has 0 amide bonds. The highest BCUT2D eigenvalue weighted by atomic mass is 16.6. The summed E-state index contributed by atoms with van der Waals surface area (Å²) in [5.41, 5.74) is 6.35. The highest BCUT2D eigenvalue weighted by molar-refractivity contribution is 5.45. The largest absolute Gasteiger partial charge is 0.375 e. The maximum atomic E-state index is 10.5. The first-order valence-corrected chi connectivity index (χ1v) is 5.65. The van der Waals surface area contributed by atoms with Crippen LogP contribution in [0.4, 0.5) is 11.5 Å². The predicted octanol–water partition coefficient (Wildman–Crippen LogP) is 1.92. The van der Waals surface area contributed by atoms with E-state index in [1.54, 1.807) is 6.07 Å². The van der Waals surface area contributed by atoms with E-state index in [0.29, 0.717) is 6.54 Å². The molecular formula is C11H18N4O2. The van der Waals surface area contributed by atoms with Crippen molar-refractivity contribution in [3.8, 4) is 0 Å². The van der Waals surface area contributed by atoms with Crippen LogP contribution in [0.1, 0.15) is 26.7 Å². The molecular weight excluding hydrogens is 220 g/mol. The first kappa shape index (κ1) is 13.4. The van der Waals surface area contributed by atoms with E-state index in [-0.39, 0.29) is 11.4 Å². The molecule has 0 unspecified atom stereocenters. The molecule has 0 saturated carbocycles. The summed E-state index contributed by atoms with van der Waals surface area (Å²) in [6.45, 7) is 4.63. The van der Waals surface area contributed by atoms with Gasteiger partial charge in [-0.3, -0.25) is 0 Å². The van der Waals surface area contributed by atoms with Gasteiger partial charge in [0.05, 0.1) is 5.69 Å². The van der Waals surface area contributed by atoms with Gasteiger partial charge in [-0.15, -0.1) is 0 Å². The first-order valence-electron chi connectivity index (χ1n) is 5.65. The summed E-state index contributed by atoms with van der Waals surface area (Å²) in [5.74, 6) is -0.151. The van der Waals surface area contributed by atoms with Crippen molar-refractivity contribution < 1.29 is 4.92 Å². The fourth-order valence-corrected chi connectivity index (χ4v) is 1.64. The molecule has 1 rings (SSSR count). The summed E-state index contributed by atoms with van der Waals surface area (Å²) in [5, 5.41) is 13.8. The lowest BCUT2D eigenvalue weighted by molar-refractivity contribution is -0.389. The molecule has 17 heavy (non-hydrogen) atoms. The van der Waals surface area contributed by atoms with Crippen LogP contribution in [0.15, 0.2) is 18.3 Å². The van der Waals surface area contributed by atoms with E-state index >= 15 is 0 Å². The molecule has 1 aromatic rings. The third-order valence-corrected chi connectivity index (χ3v) is 3.09. The average molecular weight is 238 g/mol. The Hall–Kier alpha value is -1.69. The van der Waals surface area contributed by atoms with E-state index in [9.17, 15) is 10.1 Å². The average Bonchev–Trinajstić information content (AvgIpc) is 2.37. The number of aromatic nitrogens is 1. The molecule has 3 N–H and O–H groups in total. The topological polar surface area (TPSA) is 94.1 Å². The molecule has 1 heterocycles. The normalized spacial score (nSPS) is 11.2. The molecule has 0 aromatic carbocycles. The highest BCUT2D eigenvalue weighted by Gasteiger charge is 2.24. The zero-order chi connectivity index (χ0) is 12.9. The minimum atomic E-state index is -0.514. The highest BCUT2D eigenvalue weighted by Crippen LogP contribution is 2.21. The van der Waals surface area contributed by atoms with E-state index in [1.807, 2.05) is 0 Å². The Balaban J connectivity index is 2.84. The standard InChI is InChI=1S/C11H18N4O2/c1-3-11(4-2,8-12)14-9-5-6-10(13-7-9)15(16)17/h5-7,14H,3-4,8,12H2,1-2H3. The van der Waals surface area contributed by atoms with Gasteiger partial charge < -0.3 is 21.2 Å². The molecule has 0 saturated heterocycles. The van der Waals surface area contributed by atoms with Gasteiger partial charge in [-0.2, -0.15) is 0 Å². The number of nitrogens with one attached hydrogen (secondary N) is 1. The minimum Gasteiger partial charge on any atom is -0.375 e. The number of nitrogens with zero attached hydrogens (tertiary/aromatic N) is 2. The van der Waals surface area contributed by atoms with Crippen LogP contribution in [0.3, 0.4) is 0 Å². The number of nitro groups is 1. The predicted molar refractivity (Wildman–Crippen MR) is 66.9 cm³/mol. The van der Waals surface area contributed by atoms with E-state index in [2.05, 4.69) is 24.1 Å². The van der Waals surface area contributed by atoms with Gasteiger partial charge in [-0.25, -0.2) is 0 Å². The minimum absolute atomic E-state index is 0.151. The number of hydrogen-bond donors (Lipinski definition) is 2. The van der Waals surface area contributed by atoms with Gasteiger partial charge in [0.25, 0.3) is 0 Å². The van der Waals surface area contributed by atoms with Crippen molar-refractivity contribution in [2.45, 2.75) is 32.2 Å². The summed E-state index contributed by atoms with van der Waals surface area (Å²) in [4.78, 5) is 13.7. The first-order chi connectivity index (χ1) is 8.06. The smallest absolute Gasteiger partial charge is 0.363 e. The molecule has 0 atom stereocenters. The number of hydrogen-bond acceptors (Lipinski definition) is 5. The number of rotatable bonds is 6. The SMILES string of the molecule is CCC(CC)(CN)Nc1ccc([N+](=O)[O-])nc1. The van der Waals surface area contributed by atoms with Gasteiger partial charge in [0.2, 0.25) is 0 Å². The monoisotopic (exact) mass is 238 g/mol. The van der Waals surface area contributed by atoms with E-state index < -0.39 is 4.92 Å². The quantitative estimate of drug-likeness (QED) is 0.583. The zero-order valence-electron chi connectivity index (χ0n) is 10.1. The molecule has 6 nitrogen and oxygen atoms in total. The molecule has 1 aromatic heterocycles. The molecule has 0 aliphatic rings. The summed E-state index contributed by atoms with van der Waals surface area (Å²) >= 11 is 0. The third-order valence-electron chi connectivity index (χ3n) is 3.09. The Kier molecular flexibility index (Phi) is 4.39. The lowest BCUT2D eigenvalue weighted by Crippen LogP contribution is -2.44. The van der Waals surface area contributed by atoms with Crippen LogP contribution in [0.5, 0.6) is 0 Å². The maximum Gasteiger partial charge on any atom is 0.363 e.